The van der Waals surface area contributed by atoms with Crippen LogP contribution in [0.15, 0.2) is 18.2 Å². The van der Waals surface area contributed by atoms with Crippen molar-refractivity contribution >= 4 is 11.6 Å². The lowest BCUT2D eigenvalue weighted by Crippen LogP contribution is -2.32. The number of piperidine rings is 1. The molecule has 0 spiro atoms. The quantitative estimate of drug-likeness (QED) is 0.899. The Morgan fingerprint density at radius 1 is 1.19 bits per heavy atom. The van der Waals surface area contributed by atoms with Crippen molar-refractivity contribution in [1.82, 2.24) is 4.90 Å². The minimum absolute atomic E-state index is 0.181. The maximum absolute atomic E-state index is 12.4. The van der Waals surface area contributed by atoms with Crippen molar-refractivity contribution in [2.45, 2.75) is 46.0 Å². The number of carbonyl (C=O) groups excluding carboxylic acids is 1. The molecule has 1 heterocycles. The summed E-state index contributed by atoms with van der Waals surface area (Å²) in [5.41, 5.74) is 3.54. The fraction of sp³-hybridized carbons (Fsp3) is 0.611. The lowest BCUT2D eigenvalue weighted by molar-refractivity contribution is -0.117. The van der Waals surface area contributed by atoms with Crippen LogP contribution in [-0.2, 0) is 17.6 Å². The predicted octanol–water partition coefficient (Wildman–Crippen LogP) is 3.48. The minimum atomic E-state index is 0.181. The number of para-hydroxylation sites is 1. The molecular formula is C18H28N2O. The van der Waals surface area contributed by atoms with Gasteiger partial charge < -0.3 is 10.2 Å². The molecule has 2 rings (SSSR count). The number of benzene rings is 1. The Bertz CT molecular complexity index is 454. The number of likely N-dealkylation sites (tertiary alicyclic amines) is 1. The molecule has 116 valence electrons. The summed E-state index contributed by atoms with van der Waals surface area (Å²) >= 11 is 0. The molecule has 0 unspecified atom stereocenters. The maximum Gasteiger partial charge on any atom is 0.224 e. The van der Waals surface area contributed by atoms with Gasteiger partial charge in [0.2, 0.25) is 5.91 Å². The van der Waals surface area contributed by atoms with Crippen molar-refractivity contribution in [1.29, 1.82) is 0 Å². The van der Waals surface area contributed by atoms with Crippen molar-refractivity contribution in [2.75, 3.05) is 25.5 Å². The largest absolute Gasteiger partial charge is 0.326 e. The molecule has 0 saturated carbocycles. The highest BCUT2D eigenvalue weighted by Gasteiger charge is 2.20. The zero-order chi connectivity index (χ0) is 15.2. The van der Waals surface area contributed by atoms with Crippen LogP contribution in [0.3, 0.4) is 0 Å². The number of hydrogen-bond acceptors (Lipinski definition) is 2. The van der Waals surface area contributed by atoms with E-state index in [4.69, 9.17) is 0 Å². The highest BCUT2D eigenvalue weighted by Crippen LogP contribution is 2.25. The average molecular weight is 288 g/mol. The Balaban J connectivity index is 1.99. The van der Waals surface area contributed by atoms with E-state index in [1.165, 1.54) is 11.1 Å². The first-order valence-electron chi connectivity index (χ1n) is 8.23. The zero-order valence-electron chi connectivity index (χ0n) is 13.6. The zero-order valence-corrected chi connectivity index (χ0v) is 13.6. The molecule has 1 aliphatic heterocycles. The van der Waals surface area contributed by atoms with Crippen LogP contribution in [0.5, 0.6) is 0 Å². The number of nitrogens with one attached hydrogen (secondary N) is 1. The van der Waals surface area contributed by atoms with Crippen LogP contribution in [-0.4, -0.2) is 30.9 Å². The third-order valence-corrected chi connectivity index (χ3v) is 4.58. The van der Waals surface area contributed by atoms with Gasteiger partial charge in [-0.25, -0.2) is 0 Å². The summed E-state index contributed by atoms with van der Waals surface area (Å²) in [6, 6.07) is 6.32. The van der Waals surface area contributed by atoms with E-state index < -0.39 is 0 Å². The van der Waals surface area contributed by atoms with Crippen LogP contribution < -0.4 is 5.32 Å². The second-order valence-electron chi connectivity index (χ2n) is 6.16. The Morgan fingerprint density at radius 3 is 2.29 bits per heavy atom. The second-order valence-corrected chi connectivity index (χ2v) is 6.16. The first kappa shape index (κ1) is 16.0. The molecule has 1 aliphatic rings. The van der Waals surface area contributed by atoms with Crippen molar-refractivity contribution < 1.29 is 4.79 Å². The summed E-state index contributed by atoms with van der Waals surface area (Å²) in [5, 5.41) is 3.19. The number of amides is 1. The normalized spacial score (nSPS) is 16.9. The summed E-state index contributed by atoms with van der Waals surface area (Å²) in [6.45, 7) is 6.51. The highest BCUT2D eigenvalue weighted by atomic mass is 16.1. The van der Waals surface area contributed by atoms with E-state index in [-0.39, 0.29) is 5.91 Å². The Kier molecular flexibility index (Phi) is 5.80. The standard InChI is InChI=1S/C18H28N2O/c1-4-15-7-6-8-16(5-2)18(15)19-17(21)13-14-9-11-20(3)12-10-14/h6-8,14H,4-5,9-13H2,1-3H3,(H,19,21). The van der Waals surface area contributed by atoms with E-state index in [9.17, 15) is 4.79 Å². The van der Waals surface area contributed by atoms with Gasteiger partial charge in [0.25, 0.3) is 0 Å². The smallest absolute Gasteiger partial charge is 0.224 e. The summed E-state index contributed by atoms with van der Waals surface area (Å²) < 4.78 is 0. The van der Waals surface area contributed by atoms with Gasteiger partial charge >= 0.3 is 0 Å². The monoisotopic (exact) mass is 288 g/mol. The van der Waals surface area contributed by atoms with Crippen LogP contribution in [0.25, 0.3) is 0 Å². The SMILES string of the molecule is CCc1cccc(CC)c1NC(=O)CC1CCN(C)CC1. The molecule has 3 nitrogen and oxygen atoms in total. The second kappa shape index (κ2) is 7.60. The summed E-state index contributed by atoms with van der Waals surface area (Å²) in [5.74, 6) is 0.722. The van der Waals surface area contributed by atoms with E-state index in [0.717, 1.165) is 44.5 Å². The summed E-state index contributed by atoms with van der Waals surface area (Å²) in [6.07, 6.45) is 4.85. The van der Waals surface area contributed by atoms with E-state index >= 15 is 0 Å². The van der Waals surface area contributed by atoms with Gasteiger partial charge in [-0.2, -0.15) is 0 Å². The van der Waals surface area contributed by atoms with Crippen LogP contribution >= 0.6 is 0 Å². The lowest BCUT2D eigenvalue weighted by atomic mass is 9.93. The van der Waals surface area contributed by atoms with Gasteiger partial charge in [0.05, 0.1) is 0 Å². The van der Waals surface area contributed by atoms with Crippen LogP contribution in [0.1, 0.15) is 44.2 Å². The average Bonchev–Trinajstić information content (AvgIpc) is 2.49. The molecule has 0 aromatic heterocycles. The van der Waals surface area contributed by atoms with Crippen molar-refractivity contribution in [3.8, 4) is 0 Å². The van der Waals surface area contributed by atoms with Gasteiger partial charge in [-0.05, 0) is 62.9 Å². The first-order chi connectivity index (χ1) is 10.1. The minimum Gasteiger partial charge on any atom is -0.326 e. The number of hydrogen-bond donors (Lipinski definition) is 1. The molecule has 1 amide bonds. The number of rotatable bonds is 5. The summed E-state index contributed by atoms with van der Waals surface area (Å²) in [4.78, 5) is 14.7. The van der Waals surface area contributed by atoms with Gasteiger partial charge in [0.1, 0.15) is 0 Å². The molecule has 0 bridgehead atoms. The van der Waals surface area contributed by atoms with E-state index in [1.54, 1.807) is 0 Å². The molecule has 1 fully saturated rings. The number of nitrogens with zero attached hydrogens (tertiary/aromatic N) is 1. The lowest BCUT2D eigenvalue weighted by Gasteiger charge is -2.28. The molecule has 0 atom stereocenters. The molecule has 1 N–H and O–H groups in total. The van der Waals surface area contributed by atoms with E-state index in [1.807, 2.05) is 0 Å². The topological polar surface area (TPSA) is 32.3 Å². The third-order valence-electron chi connectivity index (χ3n) is 4.58. The first-order valence-corrected chi connectivity index (χ1v) is 8.23. The Hall–Kier alpha value is -1.35. The Morgan fingerprint density at radius 2 is 1.76 bits per heavy atom. The number of aryl methyl sites for hydroxylation is 2. The Labute approximate surface area is 128 Å². The molecule has 1 saturated heterocycles. The fourth-order valence-corrected chi connectivity index (χ4v) is 3.12. The van der Waals surface area contributed by atoms with Crippen molar-refractivity contribution in [3.05, 3.63) is 29.3 Å². The van der Waals surface area contributed by atoms with E-state index in [2.05, 4.69) is 49.3 Å². The molecule has 1 aromatic rings. The van der Waals surface area contributed by atoms with Gasteiger partial charge in [0.15, 0.2) is 0 Å². The maximum atomic E-state index is 12.4. The molecular weight excluding hydrogens is 260 g/mol. The molecule has 1 aromatic carbocycles. The third kappa shape index (κ3) is 4.31. The van der Waals surface area contributed by atoms with Gasteiger partial charge in [0, 0.05) is 12.1 Å². The fourth-order valence-electron chi connectivity index (χ4n) is 3.12. The van der Waals surface area contributed by atoms with Crippen molar-refractivity contribution in [2.24, 2.45) is 5.92 Å². The van der Waals surface area contributed by atoms with Crippen LogP contribution in [0.2, 0.25) is 0 Å². The number of carbonyl (C=O) groups is 1. The molecule has 0 aliphatic carbocycles. The van der Waals surface area contributed by atoms with E-state index in [0.29, 0.717) is 12.3 Å². The van der Waals surface area contributed by atoms with Crippen LogP contribution in [0, 0.1) is 5.92 Å². The molecule has 0 radical (unpaired) electrons. The van der Waals surface area contributed by atoms with Gasteiger partial charge in [-0.3, -0.25) is 4.79 Å². The van der Waals surface area contributed by atoms with Crippen LogP contribution in [0.4, 0.5) is 5.69 Å². The molecule has 21 heavy (non-hydrogen) atoms. The summed E-state index contributed by atoms with van der Waals surface area (Å²) in [7, 11) is 2.15. The predicted molar refractivity (Wildman–Crippen MR) is 88.7 cm³/mol. The van der Waals surface area contributed by atoms with Gasteiger partial charge in [-0.15, -0.1) is 0 Å². The molecule has 3 heteroatoms. The van der Waals surface area contributed by atoms with Gasteiger partial charge in [-0.1, -0.05) is 32.0 Å². The highest BCUT2D eigenvalue weighted by molar-refractivity contribution is 5.92. The number of anilines is 1. The van der Waals surface area contributed by atoms with Crippen molar-refractivity contribution in [3.63, 3.8) is 0 Å².